The van der Waals surface area contributed by atoms with Gasteiger partial charge in [0.05, 0.1) is 12.9 Å². The van der Waals surface area contributed by atoms with Gasteiger partial charge in [-0.1, -0.05) is 25.1 Å². The van der Waals surface area contributed by atoms with Crippen LogP contribution in [-0.2, 0) is 11.3 Å². The Balaban J connectivity index is 2.03. The van der Waals surface area contributed by atoms with Gasteiger partial charge in [0, 0.05) is 30.6 Å². The van der Waals surface area contributed by atoms with Gasteiger partial charge in [-0.3, -0.25) is 0 Å². The van der Waals surface area contributed by atoms with E-state index >= 15 is 0 Å². The highest BCUT2D eigenvalue weighted by molar-refractivity contribution is 5.80. The molecule has 0 amide bonds. The lowest BCUT2D eigenvalue weighted by molar-refractivity contribution is 0.164. The van der Waals surface area contributed by atoms with Crippen LogP contribution in [0.25, 0.3) is 11.0 Å². The minimum absolute atomic E-state index is 0.397. The van der Waals surface area contributed by atoms with Crippen LogP contribution in [0.3, 0.4) is 0 Å². The summed E-state index contributed by atoms with van der Waals surface area (Å²) >= 11 is 0. The third-order valence-electron chi connectivity index (χ3n) is 3.00. The minimum Gasteiger partial charge on any atom is -0.464 e. The van der Waals surface area contributed by atoms with Crippen molar-refractivity contribution in [2.75, 3.05) is 13.7 Å². The SMILES string of the molecule is CCC(COC)NCc1coc2ccccc12. The number of rotatable bonds is 6. The highest BCUT2D eigenvalue weighted by Gasteiger charge is 2.08. The van der Waals surface area contributed by atoms with E-state index in [1.165, 1.54) is 10.9 Å². The molecule has 1 heterocycles. The topological polar surface area (TPSA) is 34.4 Å². The van der Waals surface area contributed by atoms with E-state index in [4.69, 9.17) is 9.15 Å². The van der Waals surface area contributed by atoms with E-state index in [1.807, 2.05) is 24.5 Å². The maximum absolute atomic E-state index is 5.50. The Kier molecular flexibility index (Phi) is 4.18. The second kappa shape index (κ2) is 5.84. The molecule has 0 radical (unpaired) electrons. The maximum Gasteiger partial charge on any atom is 0.134 e. The van der Waals surface area contributed by atoms with Gasteiger partial charge in [-0.15, -0.1) is 0 Å². The van der Waals surface area contributed by atoms with Crippen molar-refractivity contribution >= 4 is 11.0 Å². The molecule has 0 fully saturated rings. The Hall–Kier alpha value is -1.32. The molecule has 0 spiro atoms. The van der Waals surface area contributed by atoms with Crippen LogP contribution < -0.4 is 5.32 Å². The molecule has 3 heteroatoms. The lowest BCUT2D eigenvalue weighted by Gasteiger charge is -2.15. The Morgan fingerprint density at radius 3 is 2.94 bits per heavy atom. The fraction of sp³-hybridized carbons (Fsp3) is 0.429. The molecular weight excluding hydrogens is 214 g/mol. The average molecular weight is 233 g/mol. The Labute approximate surface area is 102 Å². The Morgan fingerprint density at radius 2 is 2.18 bits per heavy atom. The summed E-state index contributed by atoms with van der Waals surface area (Å²) in [6, 6.07) is 8.50. The van der Waals surface area contributed by atoms with Gasteiger partial charge in [-0.25, -0.2) is 0 Å². The predicted molar refractivity (Wildman–Crippen MR) is 69.0 cm³/mol. The molecule has 1 atom stereocenters. The number of hydrogen-bond donors (Lipinski definition) is 1. The molecule has 2 aromatic rings. The van der Waals surface area contributed by atoms with Gasteiger partial charge < -0.3 is 14.5 Å². The fourth-order valence-corrected chi connectivity index (χ4v) is 1.95. The molecule has 2 rings (SSSR count). The molecule has 17 heavy (non-hydrogen) atoms. The molecule has 1 aromatic carbocycles. The molecule has 1 aromatic heterocycles. The van der Waals surface area contributed by atoms with Gasteiger partial charge >= 0.3 is 0 Å². The predicted octanol–water partition coefficient (Wildman–Crippen LogP) is 2.95. The van der Waals surface area contributed by atoms with Crippen LogP contribution in [-0.4, -0.2) is 19.8 Å². The molecule has 1 N–H and O–H groups in total. The Morgan fingerprint density at radius 1 is 1.35 bits per heavy atom. The van der Waals surface area contributed by atoms with Crippen molar-refractivity contribution in [3.63, 3.8) is 0 Å². The second-order valence-corrected chi connectivity index (χ2v) is 4.20. The summed E-state index contributed by atoms with van der Waals surface area (Å²) < 4.78 is 10.7. The summed E-state index contributed by atoms with van der Waals surface area (Å²) in [5.41, 5.74) is 2.15. The number of methoxy groups -OCH3 is 1. The molecule has 0 bridgehead atoms. The summed E-state index contributed by atoms with van der Waals surface area (Å²) in [7, 11) is 1.73. The number of benzene rings is 1. The van der Waals surface area contributed by atoms with Crippen molar-refractivity contribution in [2.24, 2.45) is 0 Å². The van der Waals surface area contributed by atoms with Crippen LogP contribution in [0, 0.1) is 0 Å². The fourth-order valence-electron chi connectivity index (χ4n) is 1.95. The van der Waals surface area contributed by atoms with E-state index in [9.17, 15) is 0 Å². The lowest BCUT2D eigenvalue weighted by atomic mass is 10.1. The monoisotopic (exact) mass is 233 g/mol. The minimum atomic E-state index is 0.397. The first-order chi connectivity index (χ1) is 8.35. The van der Waals surface area contributed by atoms with E-state index in [-0.39, 0.29) is 0 Å². The third kappa shape index (κ3) is 2.87. The quantitative estimate of drug-likeness (QED) is 0.833. The van der Waals surface area contributed by atoms with Crippen molar-refractivity contribution in [3.8, 4) is 0 Å². The smallest absolute Gasteiger partial charge is 0.134 e. The maximum atomic E-state index is 5.50. The highest BCUT2D eigenvalue weighted by Crippen LogP contribution is 2.20. The summed E-state index contributed by atoms with van der Waals surface area (Å²) in [5, 5.41) is 4.67. The average Bonchev–Trinajstić information content (AvgIpc) is 2.78. The number of furan rings is 1. The first kappa shape index (κ1) is 12.1. The third-order valence-corrected chi connectivity index (χ3v) is 3.00. The van der Waals surface area contributed by atoms with E-state index in [1.54, 1.807) is 7.11 Å². The zero-order chi connectivity index (χ0) is 12.1. The van der Waals surface area contributed by atoms with Crippen LogP contribution >= 0.6 is 0 Å². The lowest BCUT2D eigenvalue weighted by Crippen LogP contribution is -2.31. The van der Waals surface area contributed by atoms with Crippen LogP contribution in [0.2, 0.25) is 0 Å². The zero-order valence-corrected chi connectivity index (χ0v) is 10.4. The van der Waals surface area contributed by atoms with Crippen molar-refractivity contribution in [2.45, 2.75) is 25.9 Å². The molecular formula is C14H19NO2. The standard InChI is InChI=1S/C14H19NO2/c1-3-12(10-16-2)15-8-11-9-17-14-7-5-4-6-13(11)14/h4-7,9,12,15H,3,8,10H2,1-2H3. The van der Waals surface area contributed by atoms with Gasteiger partial charge in [0.25, 0.3) is 0 Å². The van der Waals surface area contributed by atoms with E-state index in [2.05, 4.69) is 18.3 Å². The van der Waals surface area contributed by atoms with E-state index in [0.29, 0.717) is 6.04 Å². The largest absolute Gasteiger partial charge is 0.464 e. The number of ether oxygens (including phenoxy) is 1. The zero-order valence-electron chi connectivity index (χ0n) is 10.4. The van der Waals surface area contributed by atoms with Crippen LogP contribution in [0.1, 0.15) is 18.9 Å². The highest BCUT2D eigenvalue weighted by atomic mass is 16.5. The number of para-hydroxylation sites is 1. The van der Waals surface area contributed by atoms with Crippen molar-refractivity contribution in [1.82, 2.24) is 5.32 Å². The van der Waals surface area contributed by atoms with Crippen molar-refractivity contribution in [3.05, 3.63) is 36.1 Å². The number of fused-ring (bicyclic) bond motifs is 1. The van der Waals surface area contributed by atoms with Gasteiger partial charge in [-0.05, 0) is 12.5 Å². The molecule has 0 saturated carbocycles. The molecule has 3 nitrogen and oxygen atoms in total. The van der Waals surface area contributed by atoms with Gasteiger partial charge in [0.2, 0.25) is 0 Å². The summed E-state index contributed by atoms with van der Waals surface area (Å²) in [4.78, 5) is 0. The number of nitrogens with one attached hydrogen (secondary N) is 1. The van der Waals surface area contributed by atoms with E-state index in [0.717, 1.165) is 25.2 Å². The van der Waals surface area contributed by atoms with Crippen LogP contribution in [0.15, 0.2) is 34.9 Å². The first-order valence-electron chi connectivity index (χ1n) is 6.02. The summed E-state index contributed by atoms with van der Waals surface area (Å²) in [6.45, 7) is 3.72. The molecule has 0 aliphatic heterocycles. The second-order valence-electron chi connectivity index (χ2n) is 4.20. The first-order valence-corrected chi connectivity index (χ1v) is 6.02. The molecule has 92 valence electrons. The van der Waals surface area contributed by atoms with Crippen molar-refractivity contribution < 1.29 is 9.15 Å². The molecule has 0 aliphatic carbocycles. The van der Waals surface area contributed by atoms with Crippen molar-refractivity contribution in [1.29, 1.82) is 0 Å². The molecule has 1 unspecified atom stereocenters. The van der Waals surface area contributed by atoms with Gasteiger partial charge in [0.1, 0.15) is 5.58 Å². The van der Waals surface area contributed by atoms with E-state index < -0.39 is 0 Å². The molecule has 0 saturated heterocycles. The molecule has 0 aliphatic rings. The van der Waals surface area contributed by atoms with Crippen LogP contribution in [0.4, 0.5) is 0 Å². The Bertz CT molecular complexity index is 464. The van der Waals surface area contributed by atoms with Gasteiger partial charge in [-0.2, -0.15) is 0 Å². The van der Waals surface area contributed by atoms with Gasteiger partial charge in [0.15, 0.2) is 0 Å². The number of hydrogen-bond acceptors (Lipinski definition) is 3. The normalized spacial score (nSPS) is 13.1. The van der Waals surface area contributed by atoms with Crippen LogP contribution in [0.5, 0.6) is 0 Å². The summed E-state index contributed by atoms with van der Waals surface area (Å²) in [5.74, 6) is 0. The summed E-state index contributed by atoms with van der Waals surface area (Å²) in [6.07, 6.45) is 2.89.